The summed E-state index contributed by atoms with van der Waals surface area (Å²) < 4.78 is 24.5. The van der Waals surface area contributed by atoms with Gasteiger partial charge in [-0.05, 0) is 77.9 Å². The average molecular weight is 524 g/mol. The van der Waals surface area contributed by atoms with Crippen LogP contribution < -0.4 is 9.47 Å². The molecule has 0 aromatic heterocycles. The first kappa shape index (κ1) is 26.7. The molecule has 1 aliphatic rings. The standard InChI is InChI=1S/C30H31ClFNO4/c1-36-26-12-6-22(7-13-26)23(5-3-21-4-14-28(37-2)27(32)19-21)20-29(34)33-17-15-30(35,16-18-33)24-8-10-25(31)11-9-24/h4-14,19,35H,3,15-18,20H2,1-2H3/b23-5-. The van der Waals surface area contributed by atoms with Gasteiger partial charge in [0, 0.05) is 18.1 Å². The molecule has 0 atom stereocenters. The van der Waals surface area contributed by atoms with E-state index >= 15 is 0 Å². The molecular formula is C30H31ClFNO4. The van der Waals surface area contributed by atoms with E-state index in [1.165, 1.54) is 13.2 Å². The summed E-state index contributed by atoms with van der Waals surface area (Å²) in [6.07, 6.45) is 3.53. The fraction of sp³-hybridized carbons (Fsp3) is 0.300. The van der Waals surface area contributed by atoms with Gasteiger partial charge in [0.1, 0.15) is 5.75 Å². The first-order valence-electron chi connectivity index (χ1n) is 12.2. The van der Waals surface area contributed by atoms with Gasteiger partial charge in [-0.25, -0.2) is 4.39 Å². The predicted octanol–water partition coefficient (Wildman–Crippen LogP) is 6.02. The number of likely N-dealkylation sites (tertiary alicyclic amines) is 1. The molecule has 0 bridgehead atoms. The number of amides is 1. The maximum Gasteiger partial charge on any atom is 0.227 e. The third kappa shape index (κ3) is 6.51. The monoisotopic (exact) mass is 523 g/mol. The van der Waals surface area contributed by atoms with Crippen LogP contribution in [0.1, 0.15) is 36.0 Å². The van der Waals surface area contributed by atoms with E-state index in [9.17, 15) is 14.3 Å². The van der Waals surface area contributed by atoms with Gasteiger partial charge < -0.3 is 19.5 Å². The Balaban J connectivity index is 1.48. The number of carbonyl (C=O) groups excluding carboxylic acids is 1. The lowest BCUT2D eigenvalue weighted by atomic mass is 9.84. The van der Waals surface area contributed by atoms with Crippen molar-refractivity contribution in [3.05, 3.63) is 100 Å². The molecular weight excluding hydrogens is 493 g/mol. The second kappa shape index (κ2) is 11.8. The van der Waals surface area contributed by atoms with Crippen molar-refractivity contribution in [3.8, 4) is 11.5 Å². The van der Waals surface area contributed by atoms with Crippen LogP contribution in [0.25, 0.3) is 5.57 Å². The molecule has 0 radical (unpaired) electrons. The van der Waals surface area contributed by atoms with Crippen LogP contribution in [0.3, 0.4) is 0 Å². The van der Waals surface area contributed by atoms with Gasteiger partial charge in [0.05, 0.1) is 26.2 Å². The van der Waals surface area contributed by atoms with Gasteiger partial charge in [-0.2, -0.15) is 0 Å². The molecule has 0 spiro atoms. The Hall–Kier alpha value is -3.35. The highest BCUT2D eigenvalue weighted by atomic mass is 35.5. The van der Waals surface area contributed by atoms with Crippen LogP contribution >= 0.6 is 11.6 Å². The summed E-state index contributed by atoms with van der Waals surface area (Å²) in [6, 6.07) is 19.6. The van der Waals surface area contributed by atoms with Crippen LogP contribution in [0.15, 0.2) is 72.8 Å². The number of rotatable bonds is 8. The minimum atomic E-state index is -0.978. The fourth-order valence-corrected chi connectivity index (χ4v) is 4.75. The van der Waals surface area contributed by atoms with Crippen LogP contribution in [0.5, 0.6) is 11.5 Å². The topological polar surface area (TPSA) is 59.0 Å². The Morgan fingerprint density at radius 2 is 1.70 bits per heavy atom. The minimum Gasteiger partial charge on any atom is -0.497 e. The summed E-state index contributed by atoms with van der Waals surface area (Å²) in [5.41, 5.74) is 2.37. The molecule has 37 heavy (non-hydrogen) atoms. The predicted molar refractivity (Wildman–Crippen MR) is 143 cm³/mol. The van der Waals surface area contributed by atoms with E-state index in [1.807, 2.05) is 48.5 Å². The third-order valence-electron chi connectivity index (χ3n) is 6.93. The average Bonchev–Trinajstić information content (AvgIpc) is 2.91. The molecule has 1 amide bonds. The molecule has 194 valence electrons. The Labute approximate surface area is 222 Å². The third-order valence-corrected chi connectivity index (χ3v) is 7.18. The molecule has 1 N–H and O–H groups in total. The molecule has 1 aliphatic heterocycles. The van der Waals surface area contributed by atoms with Gasteiger partial charge in [0.25, 0.3) is 0 Å². The number of allylic oxidation sites excluding steroid dienone is 1. The molecule has 3 aromatic carbocycles. The number of piperidine rings is 1. The van der Waals surface area contributed by atoms with Crippen LogP contribution in [0.2, 0.25) is 5.02 Å². The smallest absolute Gasteiger partial charge is 0.227 e. The van der Waals surface area contributed by atoms with Crippen molar-refractivity contribution >= 4 is 23.1 Å². The molecule has 4 rings (SSSR count). The summed E-state index contributed by atoms with van der Waals surface area (Å²) in [7, 11) is 3.04. The van der Waals surface area contributed by atoms with Crippen molar-refractivity contribution in [2.24, 2.45) is 0 Å². The largest absolute Gasteiger partial charge is 0.497 e. The summed E-state index contributed by atoms with van der Waals surface area (Å²) in [5.74, 6) is 0.490. The quantitative estimate of drug-likeness (QED) is 0.392. The molecule has 7 heteroatoms. The van der Waals surface area contributed by atoms with E-state index in [0.29, 0.717) is 37.4 Å². The summed E-state index contributed by atoms with van der Waals surface area (Å²) in [4.78, 5) is 15.1. The zero-order valence-corrected chi connectivity index (χ0v) is 21.8. The lowest BCUT2D eigenvalue weighted by Crippen LogP contribution is -2.45. The summed E-state index contributed by atoms with van der Waals surface area (Å²) >= 11 is 5.99. The number of ether oxygens (including phenoxy) is 2. The highest BCUT2D eigenvalue weighted by Crippen LogP contribution is 2.34. The molecule has 1 saturated heterocycles. The van der Waals surface area contributed by atoms with Crippen LogP contribution in [-0.2, 0) is 16.8 Å². The van der Waals surface area contributed by atoms with Crippen molar-refractivity contribution in [2.75, 3.05) is 27.3 Å². The SMILES string of the molecule is COc1ccc(/C(=C\Cc2ccc(OC)c(F)c2)CC(=O)N2CCC(O)(c3ccc(Cl)cc3)CC2)cc1. The van der Waals surface area contributed by atoms with Crippen LogP contribution in [-0.4, -0.2) is 43.2 Å². The Bertz CT molecular complexity index is 1250. The first-order valence-corrected chi connectivity index (χ1v) is 12.6. The second-order valence-corrected chi connectivity index (χ2v) is 9.66. The van der Waals surface area contributed by atoms with E-state index < -0.39 is 11.4 Å². The highest BCUT2D eigenvalue weighted by molar-refractivity contribution is 6.30. The van der Waals surface area contributed by atoms with Gasteiger partial charge in [-0.3, -0.25) is 4.79 Å². The lowest BCUT2D eigenvalue weighted by molar-refractivity contribution is -0.134. The first-order chi connectivity index (χ1) is 17.8. The van der Waals surface area contributed by atoms with Gasteiger partial charge in [-0.1, -0.05) is 48.0 Å². The number of hydrogen-bond acceptors (Lipinski definition) is 4. The maximum atomic E-state index is 14.2. The van der Waals surface area contributed by atoms with Crippen LogP contribution in [0.4, 0.5) is 4.39 Å². The van der Waals surface area contributed by atoms with E-state index in [-0.39, 0.29) is 18.1 Å². The second-order valence-electron chi connectivity index (χ2n) is 9.23. The van der Waals surface area contributed by atoms with Crippen LogP contribution in [0, 0.1) is 5.82 Å². The van der Waals surface area contributed by atoms with E-state index in [4.69, 9.17) is 21.1 Å². The normalized spacial score (nSPS) is 15.4. The number of aliphatic hydroxyl groups is 1. The maximum absolute atomic E-state index is 14.2. The fourth-order valence-electron chi connectivity index (χ4n) is 4.62. The molecule has 5 nitrogen and oxygen atoms in total. The zero-order valence-electron chi connectivity index (χ0n) is 21.0. The number of hydrogen-bond donors (Lipinski definition) is 1. The number of benzene rings is 3. The van der Waals surface area contributed by atoms with E-state index in [0.717, 1.165) is 28.0 Å². The number of carbonyl (C=O) groups is 1. The minimum absolute atomic E-state index is 0.0128. The summed E-state index contributed by atoms with van der Waals surface area (Å²) in [5, 5.41) is 11.8. The van der Waals surface area contributed by atoms with Crippen molar-refractivity contribution in [2.45, 2.75) is 31.3 Å². The molecule has 0 aliphatic carbocycles. The molecule has 0 unspecified atom stereocenters. The Morgan fingerprint density at radius 3 is 2.30 bits per heavy atom. The molecule has 3 aromatic rings. The van der Waals surface area contributed by atoms with Gasteiger partial charge in [0.15, 0.2) is 11.6 Å². The van der Waals surface area contributed by atoms with Crippen molar-refractivity contribution in [1.82, 2.24) is 4.90 Å². The highest BCUT2D eigenvalue weighted by Gasteiger charge is 2.35. The number of methoxy groups -OCH3 is 2. The van der Waals surface area contributed by atoms with Crippen molar-refractivity contribution in [3.63, 3.8) is 0 Å². The molecule has 1 heterocycles. The lowest BCUT2D eigenvalue weighted by Gasteiger charge is -2.38. The molecule has 1 fully saturated rings. The van der Waals surface area contributed by atoms with Gasteiger partial charge >= 0.3 is 0 Å². The van der Waals surface area contributed by atoms with Crippen molar-refractivity contribution in [1.29, 1.82) is 0 Å². The Kier molecular flexibility index (Phi) is 8.52. The molecule has 0 saturated carbocycles. The van der Waals surface area contributed by atoms with Gasteiger partial charge in [0.2, 0.25) is 5.91 Å². The Morgan fingerprint density at radius 1 is 1.03 bits per heavy atom. The number of nitrogens with zero attached hydrogens (tertiary/aromatic N) is 1. The number of halogens is 2. The summed E-state index contributed by atoms with van der Waals surface area (Å²) in [6.45, 7) is 0.912. The van der Waals surface area contributed by atoms with Crippen molar-refractivity contribution < 1.29 is 23.8 Å². The van der Waals surface area contributed by atoms with E-state index in [1.54, 1.807) is 30.2 Å². The van der Waals surface area contributed by atoms with E-state index in [2.05, 4.69) is 0 Å². The zero-order chi connectivity index (χ0) is 26.4. The van der Waals surface area contributed by atoms with Gasteiger partial charge in [-0.15, -0.1) is 0 Å².